The Balaban J connectivity index is 1.65. The Labute approximate surface area is 157 Å². The number of Topliss-reactive ketones (excluding diaryl/α,β-unsaturated/α-hetero) is 1. The fourth-order valence-corrected chi connectivity index (χ4v) is 3.49. The maximum Gasteiger partial charge on any atom is 0.167 e. The van der Waals surface area contributed by atoms with Crippen molar-refractivity contribution in [3.05, 3.63) is 69.8 Å². The Morgan fingerprint density at radius 2 is 1.62 bits per heavy atom. The molecule has 3 heteroatoms. The van der Waals surface area contributed by atoms with Gasteiger partial charge in [0.2, 0.25) is 0 Å². The third-order valence-electron chi connectivity index (χ3n) is 5.59. The summed E-state index contributed by atoms with van der Waals surface area (Å²) in [5.74, 6) is 0.194. The maximum absolute atomic E-state index is 12.6. The second kappa shape index (κ2) is 8.15. The molecule has 0 radical (unpaired) electrons. The van der Waals surface area contributed by atoms with Gasteiger partial charge in [0.05, 0.1) is 0 Å². The van der Waals surface area contributed by atoms with Gasteiger partial charge in [-0.25, -0.2) is 0 Å². The van der Waals surface area contributed by atoms with Crippen molar-refractivity contribution in [3.8, 4) is 0 Å². The van der Waals surface area contributed by atoms with E-state index in [0.717, 1.165) is 43.9 Å². The number of nitrogens with zero attached hydrogens (tertiary/aromatic N) is 2. The van der Waals surface area contributed by atoms with Crippen LogP contribution in [0, 0.1) is 20.8 Å². The predicted molar refractivity (Wildman–Crippen MR) is 108 cm³/mol. The predicted octanol–water partition coefficient (Wildman–Crippen LogP) is 3.78. The molecule has 0 aromatic heterocycles. The van der Waals surface area contributed by atoms with Gasteiger partial charge < -0.3 is 4.90 Å². The molecule has 0 amide bonds. The third-order valence-corrected chi connectivity index (χ3v) is 5.59. The summed E-state index contributed by atoms with van der Waals surface area (Å²) in [4.78, 5) is 17.5. The zero-order chi connectivity index (χ0) is 18.7. The minimum absolute atomic E-state index is 0.194. The molecule has 1 heterocycles. The molecule has 1 aliphatic heterocycles. The summed E-state index contributed by atoms with van der Waals surface area (Å²) in [7, 11) is 2.18. The monoisotopic (exact) mass is 350 g/mol. The Kier molecular flexibility index (Phi) is 5.90. The van der Waals surface area contributed by atoms with Crippen molar-refractivity contribution in [2.45, 2.75) is 33.7 Å². The van der Waals surface area contributed by atoms with Crippen LogP contribution in [0.25, 0.3) is 0 Å². The number of hydrogen-bond donors (Lipinski definition) is 0. The maximum atomic E-state index is 12.6. The van der Waals surface area contributed by atoms with Crippen LogP contribution in [0.4, 0.5) is 0 Å². The van der Waals surface area contributed by atoms with E-state index in [-0.39, 0.29) is 5.78 Å². The van der Waals surface area contributed by atoms with Crippen LogP contribution < -0.4 is 0 Å². The van der Waals surface area contributed by atoms with E-state index in [1.807, 2.05) is 18.2 Å². The van der Waals surface area contributed by atoms with Crippen LogP contribution in [0.3, 0.4) is 0 Å². The van der Waals surface area contributed by atoms with E-state index in [2.05, 4.69) is 55.8 Å². The van der Waals surface area contributed by atoms with E-state index in [4.69, 9.17) is 0 Å². The normalized spacial score (nSPS) is 16.0. The summed E-state index contributed by atoms with van der Waals surface area (Å²) >= 11 is 0. The molecular formula is C23H30N2O. The number of ketones is 1. The molecule has 0 N–H and O–H groups in total. The standard InChI is InChI=1S/C23H30N2O/c1-17-5-7-21(14-18(17)2)23(26)15-20-6-8-22(19(3)13-20)16-25-11-9-24(4)10-12-25/h5-8,13-14H,9-12,15-16H2,1-4H3. The molecule has 0 unspecified atom stereocenters. The summed E-state index contributed by atoms with van der Waals surface area (Å²) in [5, 5.41) is 0. The number of carbonyl (C=O) groups excluding carboxylic acids is 1. The number of carbonyl (C=O) groups is 1. The number of hydrogen-bond acceptors (Lipinski definition) is 3. The first-order valence-corrected chi connectivity index (χ1v) is 9.52. The molecule has 1 fully saturated rings. The van der Waals surface area contributed by atoms with Gasteiger partial charge >= 0.3 is 0 Å². The molecular weight excluding hydrogens is 320 g/mol. The van der Waals surface area contributed by atoms with Gasteiger partial charge in [0.1, 0.15) is 0 Å². The molecule has 1 saturated heterocycles. The van der Waals surface area contributed by atoms with Crippen LogP contribution in [0.5, 0.6) is 0 Å². The Bertz CT molecular complexity index is 789. The van der Waals surface area contributed by atoms with Crippen molar-refractivity contribution in [3.63, 3.8) is 0 Å². The highest BCUT2D eigenvalue weighted by atomic mass is 16.1. The van der Waals surface area contributed by atoms with E-state index in [0.29, 0.717) is 6.42 Å². The minimum atomic E-state index is 0.194. The first-order valence-electron chi connectivity index (χ1n) is 9.52. The number of rotatable bonds is 5. The van der Waals surface area contributed by atoms with Gasteiger partial charge in [0.15, 0.2) is 5.78 Å². The molecule has 0 spiro atoms. The molecule has 0 bridgehead atoms. The topological polar surface area (TPSA) is 23.6 Å². The third kappa shape index (κ3) is 4.60. The molecule has 26 heavy (non-hydrogen) atoms. The average molecular weight is 351 g/mol. The molecule has 0 aliphatic carbocycles. The Hall–Kier alpha value is -1.97. The van der Waals surface area contributed by atoms with Crippen molar-refractivity contribution in [2.24, 2.45) is 0 Å². The summed E-state index contributed by atoms with van der Waals surface area (Å²) in [5.41, 5.74) is 6.98. The first-order chi connectivity index (χ1) is 12.4. The van der Waals surface area contributed by atoms with Gasteiger partial charge in [0.25, 0.3) is 0 Å². The summed E-state index contributed by atoms with van der Waals surface area (Å²) in [6.45, 7) is 11.8. The summed E-state index contributed by atoms with van der Waals surface area (Å²) < 4.78 is 0. The zero-order valence-corrected chi connectivity index (χ0v) is 16.5. The minimum Gasteiger partial charge on any atom is -0.304 e. The van der Waals surface area contributed by atoms with Crippen LogP contribution in [-0.4, -0.2) is 48.8 Å². The van der Waals surface area contributed by atoms with E-state index >= 15 is 0 Å². The first kappa shape index (κ1) is 18.8. The van der Waals surface area contributed by atoms with Gasteiger partial charge in [-0.1, -0.05) is 30.3 Å². The number of piperazine rings is 1. The second-order valence-corrected chi connectivity index (χ2v) is 7.74. The van der Waals surface area contributed by atoms with E-state index in [1.54, 1.807) is 0 Å². The lowest BCUT2D eigenvalue weighted by molar-refractivity contribution is 0.0993. The van der Waals surface area contributed by atoms with E-state index in [1.165, 1.54) is 22.3 Å². The molecule has 3 nitrogen and oxygen atoms in total. The number of aryl methyl sites for hydroxylation is 3. The number of likely N-dealkylation sites (N-methyl/N-ethyl adjacent to an activating group) is 1. The van der Waals surface area contributed by atoms with Crippen LogP contribution >= 0.6 is 0 Å². The lowest BCUT2D eigenvalue weighted by atomic mass is 9.97. The summed E-state index contributed by atoms with van der Waals surface area (Å²) in [6, 6.07) is 12.5. The Morgan fingerprint density at radius 1 is 0.885 bits per heavy atom. The van der Waals surface area contributed by atoms with Crippen LogP contribution in [-0.2, 0) is 13.0 Å². The molecule has 3 rings (SSSR count). The quantitative estimate of drug-likeness (QED) is 0.767. The van der Waals surface area contributed by atoms with Crippen molar-refractivity contribution < 1.29 is 4.79 Å². The van der Waals surface area contributed by atoms with Gasteiger partial charge in [-0.05, 0) is 61.7 Å². The second-order valence-electron chi connectivity index (χ2n) is 7.74. The highest BCUT2D eigenvalue weighted by molar-refractivity contribution is 5.97. The lowest BCUT2D eigenvalue weighted by Gasteiger charge is -2.32. The van der Waals surface area contributed by atoms with Gasteiger partial charge in [-0.15, -0.1) is 0 Å². The Morgan fingerprint density at radius 3 is 2.27 bits per heavy atom. The zero-order valence-electron chi connectivity index (χ0n) is 16.5. The van der Waals surface area contributed by atoms with Crippen molar-refractivity contribution in [1.82, 2.24) is 9.80 Å². The van der Waals surface area contributed by atoms with Crippen molar-refractivity contribution >= 4 is 5.78 Å². The van der Waals surface area contributed by atoms with Gasteiger partial charge in [-0.2, -0.15) is 0 Å². The van der Waals surface area contributed by atoms with Crippen LogP contribution in [0.2, 0.25) is 0 Å². The fourth-order valence-electron chi connectivity index (χ4n) is 3.49. The largest absolute Gasteiger partial charge is 0.304 e. The molecule has 1 aliphatic rings. The molecule has 2 aromatic rings. The van der Waals surface area contributed by atoms with Crippen LogP contribution in [0.1, 0.15) is 38.2 Å². The molecule has 138 valence electrons. The smallest absolute Gasteiger partial charge is 0.167 e. The SMILES string of the molecule is Cc1ccc(C(=O)Cc2ccc(CN3CCN(C)CC3)c(C)c2)cc1C. The van der Waals surface area contributed by atoms with Crippen molar-refractivity contribution in [1.29, 1.82) is 0 Å². The highest BCUT2D eigenvalue weighted by Gasteiger charge is 2.15. The lowest BCUT2D eigenvalue weighted by Crippen LogP contribution is -2.43. The average Bonchev–Trinajstić information content (AvgIpc) is 2.61. The number of benzene rings is 2. The van der Waals surface area contributed by atoms with Crippen LogP contribution in [0.15, 0.2) is 36.4 Å². The fraction of sp³-hybridized carbons (Fsp3) is 0.435. The molecule has 0 saturated carbocycles. The molecule has 0 atom stereocenters. The van der Waals surface area contributed by atoms with Crippen molar-refractivity contribution in [2.75, 3.05) is 33.2 Å². The molecule has 2 aromatic carbocycles. The van der Waals surface area contributed by atoms with E-state index in [9.17, 15) is 4.79 Å². The van der Waals surface area contributed by atoms with E-state index < -0.39 is 0 Å². The highest BCUT2D eigenvalue weighted by Crippen LogP contribution is 2.17. The summed E-state index contributed by atoms with van der Waals surface area (Å²) in [6.07, 6.45) is 0.470. The van der Waals surface area contributed by atoms with Gasteiger partial charge in [0, 0.05) is 44.7 Å². The van der Waals surface area contributed by atoms with Gasteiger partial charge in [-0.3, -0.25) is 9.69 Å².